The largest absolute Gasteiger partial charge is 0.387 e. The average Bonchev–Trinajstić information content (AvgIpc) is 2.88. The number of alkyl halides is 1. The van der Waals surface area contributed by atoms with Crippen molar-refractivity contribution >= 4 is 27.8 Å². The summed E-state index contributed by atoms with van der Waals surface area (Å²) in [5.41, 5.74) is -4.45. The molecule has 2 unspecified atom stereocenters. The third-order valence-corrected chi connectivity index (χ3v) is 4.89. The quantitative estimate of drug-likeness (QED) is 0.337. The van der Waals surface area contributed by atoms with E-state index < -0.39 is 40.8 Å². The summed E-state index contributed by atoms with van der Waals surface area (Å²) in [6, 6.07) is 6.31. The molecule has 23 heavy (non-hydrogen) atoms. The van der Waals surface area contributed by atoms with Gasteiger partial charge in [-0.25, -0.2) is 0 Å². The van der Waals surface area contributed by atoms with Gasteiger partial charge in [0.25, 0.3) is 0 Å². The summed E-state index contributed by atoms with van der Waals surface area (Å²) in [6.45, 7) is 0. The van der Waals surface area contributed by atoms with Gasteiger partial charge in [-0.1, -0.05) is 34.1 Å². The Morgan fingerprint density at radius 2 is 1.78 bits per heavy atom. The van der Waals surface area contributed by atoms with Crippen molar-refractivity contribution in [1.29, 1.82) is 0 Å². The molecule has 6 N–H and O–H groups in total. The Morgan fingerprint density at radius 1 is 1.13 bits per heavy atom. The second kappa shape index (κ2) is 5.57. The molecule has 0 bridgehead atoms. The maximum absolute atomic E-state index is 11.0. The van der Waals surface area contributed by atoms with Crippen molar-refractivity contribution in [3.05, 3.63) is 29.8 Å². The van der Waals surface area contributed by atoms with Gasteiger partial charge in [0.15, 0.2) is 17.5 Å². The van der Waals surface area contributed by atoms with Gasteiger partial charge in [-0.15, -0.1) is 0 Å². The molecule has 0 spiro atoms. The lowest BCUT2D eigenvalue weighted by molar-refractivity contribution is -0.350. The average molecular weight is 390 g/mol. The molecule has 126 valence electrons. The van der Waals surface area contributed by atoms with Gasteiger partial charge in [0.05, 0.1) is 5.69 Å². The zero-order valence-electron chi connectivity index (χ0n) is 11.7. The van der Waals surface area contributed by atoms with Crippen LogP contribution >= 0.6 is 15.9 Å². The van der Waals surface area contributed by atoms with Crippen LogP contribution in [-0.4, -0.2) is 72.1 Å². The van der Waals surface area contributed by atoms with Gasteiger partial charge < -0.3 is 35.4 Å². The van der Waals surface area contributed by atoms with Gasteiger partial charge in [-0.2, -0.15) is 0 Å². The molecule has 0 radical (unpaired) electrons. The molecule has 2 heterocycles. The number of ether oxygens (including phenoxy) is 1. The Bertz CT molecular complexity index is 641. The minimum Gasteiger partial charge on any atom is -0.387 e. The maximum atomic E-state index is 11.0. The molecule has 0 amide bonds. The maximum Gasteiger partial charge on any atom is 0.184 e. The Labute approximate surface area is 139 Å². The number of aliphatic hydroxyl groups is 6. The van der Waals surface area contributed by atoms with Crippen LogP contribution in [0.4, 0.5) is 5.69 Å². The first-order chi connectivity index (χ1) is 10.7. The van der Waals surface area contributed by atoms with Crippen LogP contribution in [0.1, 0.15) is 5.56 Å². The molecule has 0 aliphatic carbocycles. The molecule has 1 aromatic rings. The van der Waals surface area contributed by atoms with E-state index in [0.29, 0.717) is 5.69 Å². The minimum absolute atomic E-state index is 0.150. The van der Waals surface area contributed by atoms with Crippen LogP contribution in [0.2, 0.25) is 0 Å². The van der Waals surface area contributed by atoms with E-state index in [0.717, 1.165) is 6.21 Å². The van der Waals surface area contributed by atoms with Gasteiger partial charge in [-0.05, 0) is 6.07 Å². The van der Waals surface area contributed by atoms with Crippen LogP contribution in [-0.2, 0) is 10.3 Å². The van der Waals surface area contributed by atoms with E-state index in [4.69, 9.17) is 4.74 Å². The van der Waals surface area contributed by atoms with Crippen molar-refractivity contribution in [2.24, 2.45) is 4.99 Å². The molecule has 1 fully saturated rings. The minimum atomic E-state index is -2.67. The molecule has 3 rings (SSSR count). The highest BCUT2D eigenvalue weighted by Gasteiger charge is 2.67. The van der Waals surface area contributed by atoms with E-state index in [2.05, 4.69) is 20.9 Å². The van der Waals surface area contributed by atoms with Gasteiger partial charge in [0, 0.05) is 11.8 Å². The standard InChI is InChI=1S/C14H16BrNO7/c15-11(19)8-9(17)14(22,10(18)12(20)23-8)13(21)5-16-7-4-2-1-3-6(7)13/h1-5,8-12,17-22H/t8-,9+,10+,11?,12-,13?,14-/m0/s1. The Balaban J connectivity index is 2.13. The predicted octanol–water partition coefficient (Wildman–Crippen LogP) is -1.53. The van der Waals surface area contributed by atoms with Crippen molar-refractivity contribution in [3.63, 3.8) is 0 Å². The molecule has 7 atom stereocenters. The van der Waals surface area contributed by atoms with Crippen molar-refractivity contribution < 1.29 is 35.4 Å². The third-order valence-electron chi connectivity index (χ3n) is 4.37. The Kier molecular flexibility index (Phi) is 4.10. The van der Waals surface area contributed by atoms with Crippen LogP contribution in [0.15, 0.2) is 29.3 Å². The Morgan fingerprint density at radius 3 is 2.43 bits per heavy atom. The lowest BCUT2D eigenvalue weighted by Gasteiger charge is -2.52. The van der Waals surface area contributed by atoms with Crippen LogP contribution in [0, 0.1) is 0 Å². The zero-order chi connectivity index (χ0) is 17.0. The fourth-order valence-electron chi connectivity index (χ4n) is 3.08. The highest BCUT2D eigenvalue weighted by atomic mass is 79.9. The van der Waals surface area contributed by atoms with E-state index in [9.17, 15) is 30.6 Å². The second-order valence-corrected chi connectivity index (χ2v) is 6.56. The number of aliphatic hydroxyl groups excluding tert-OH is 4. The van der Waals surface area contributed by atoms with Crippen molar-refractivity contribution in [1.82, 2.24) is 0 Å². The van der Waals surface area contributed by atoms with Crippen molar-refractivity contribution in [2.45, 2.75) is 40.8 Å². The summed E-state index contributed by atoms with van der Waals surface area (Å²) in [6.07, 6.45) is -6.44. The summed E-state index contributed by atoms with van der Waals surface area (Å²) in [5, 5.41) is 60.7. The molecule has 1 saturated heterocycles. The molecule has 0 aromatic heterocycles. The molecular weight excluding hydrogens is 374 g/mol. The normalized spacial score (nSPS) is 44.1. The third kappa shape index (κ3) is 2.20. The highest BCUT2D eigenvalue weighted by molar-refractivity contribution is 9.09. The number of hydrogen-bond donors (Lipinski definition) is 6. The van der Waals surface area contributed by atoms with Crippen LogP contribution < -0.4 is 0 Å². The molecule has 1 aromatic carbocycles. The number of nitrogens with zero attached hydrogens (tertiary/aromatic N) is 1. The number of rotatable bonds is 2. The van der Waals surface area contributed by atoms with E-state index in [1.54, 1.807) is 18.2 Å². The number of fused-ring (bicyclic) bond motifs is 1. The molecular formula is C14H16BrNO7. The van der Waals surface area contributed by atoms with E-state index in [-0.39, 0.29) is 5.56 Å². The van der Waals surface area contributed by atoms with E-state index in [1.807, 2.05) is 0 Å². The number of hydrogen-bond acceptors (Lipinski definition) is 8. The first-order valence-corrected chi connectivity index (χ1v) is 7.76. The number of benzene rings is 1. The fourth-order valence-corrected chi connectivity index (χ4v) is 3.49. The first-order valence-electron chi connectivity index (χ1n) is 6.84. The second-order valence-electron chi connectivity index (χ2n) is 5.62. The lowest BCUT2D eigenvalue weighted by atomic mass is 9.69. The van der Waals surface area contributed by atoms with Gasteiger partial charge >= 0.3 is 0 Å². The molecule has 9 heteroatoms. The van der Waals surface area contributed by atoms with E-state index >= 15 is 0 Å². The number of halogens is 1. The van der Waals surface area contributed by atoms with Gasteiger partial charge in [0.2, 0.25) is 0 Å². The summed E-state index contributed by atoms with van der Waals surface area (Å²) >= 11 is 2.78. The summed E-state index contributed by atoms with van der Waals surface area (Å²) in [7, 11) is 0. The van der Waals surface area contributed by atoms with Crippen molar-refractivity contribution in [2.75, 3.05) is 0 Å². The van der Waals surface area contributed by atoms with Crippen LogP contribution in [0.25, 0.3) is 0 Å². The summed E-state index contributed by atoms with van der Waals surface area (Å²) in [5.74, 6) is 0. The van der Waals surface area contributed by atoms with Gasteiger partial charge in [-0.3, -0.25) is 4.99 Å². The molecule has 0 saturated carbocycles. The van der Waals surface area contributed by atoms with E-state index in [1.165, 1.54) is 6.07 Å². The molecule has 2 aliphatic heterocycles. The summed E-state index contributed by atoms with van der Waals surface area (Å²) in [4.78, 5) is 3.98. The fraction of sp³-hybridized carbons (Fsp3) is 0.500. The smallest absolute Gasteiger partial charge is 0.184 e. The Hall–Kier alpha value is -0.910. The van der Waals surface area contributed by atoms with Crippen molar-refractivity contribution in [3.8, 4) is 0 Å². The van der Waals surface area contributed by atoms with Crippen LogP contribution in [0.3, 0.4) is 0 Å². The number of aliphatic imine (C=N–C) groups is 1. The lowest BCUT2D eigenvalue weighted by Crippen LogP contribution is -2.75. The SMILES string of the molecule is OC(Br)[C@H]1O[C@H](O)[C@@H](O)[C@](O)(C2(O)C=Nc3ccccc32)[C@@H]1O. The topological polar surface area (TPSA) is 143 Å². The monoisotopic (exact) mass is 389 g/mol. The molecule has 2 aliphatic rings. The number of para-hydroxylation sites is 1. The van der Waals surface area contributed by atoms with Crippen LogP contribution in [0.5, 0.6) is 0 Å². The highest BCUT2D eigenvalue weighted by Crippen LogP contribution is 2.48. The first kappa shape index (κ1) is 16.9. The molecule has 8 nitrogen and oxygen atoms in total. The predicted molar refractivity (Wildman–Crippen MR) is 81.3 cm³/mol. The summed E-state index contributed by atoms with van der Waals surface area (Å²) < 4.78 is 4.90. The zero-order valence-corrected chi connectivity index (χ0v) is 13.3. The van der Waals surface area contributed by atoms with Gasteiger partial charge in [0.1, 0.15) is 23.3 Å².